The normalized spacial score (nSPS) is 10.4. The van der Waals surface area contributed by atoms with Gasteiger partial charge in [-0.2, -0.15) is 0 Å². The van der Waals surface area contributed by atoms with Crippen molar-refractivity contribution in [1.29, 1.82) is 0 Å². The Morgan fingerprint density at radius 1 is 1.13 bits per heavy atom. The zero-order valence-electron chi connectivity index (χ0n) is 9.60. The van der Waals surface area contributed by atoms with Gasteiger partial charge in [0.1, 0.15) is 11.6 Å². The summed E-state index contributed by atoms with van der Waals surface area (Å²) in [4.78, 5) is 8.95. The van der Waals surface area contributed by atoms with Gasteiger partial charge in [-0.3, -0.25) is 0 Å². The molecule has 4 heteroatoms. The quantitative estimate of drug-likeness (QED) is 0.894. The summed E-state index contributed by atoms with van der Waals surface area (Å²) in [5, 5.41) is 3.31. The SMILES string of the molecule is CCCNc1nc(CC)nc(CC)c1Br. The molecule has 0 aliphatic rings. The summed E-state index contributed by atoms with van der Waals surface area (Å²) in [6, 6.07) is 0. The van der Waals surface area contributed by atoms with Crippen molar-refractivity contribution in [3.63, 3.8) is 0 Å². The first-order valence-corrected chi connectivity index (χ1v) is 6.31. The van der Waals surface area contributed by atoms with E-state index in [1.165, 1.54) is 0 Å². The van der Waals surface area contributed by atoms with Gasteiger partial charge >= 0.3 is 0 Å². The van der Waals surface area contributed by atoms with E-state index in [1.54, 1.807) is 0 Å². The molecule has 0 aliphatic carbocycles. The number of anilines is 1. The summed E-state index contributed by atoms with van der Waals surface area (Å²) >= 11 is 3.55. The standard InChI is InChI=1S/C11H18BrN3/c1-4-7-13-11-10(12)8(5-2)14-9(6-3)15-11/h4-7H2,1-3H3,(H,13,14,15). The molecule has 15 heavy (non-hydrogen) atoms. The van der Waals surface area contributed by atoms with Gasteiger partial charge in [-0.25, -0.2) is 9.97 Å². The third kappa shape index (κ3) is 3.16. The maximum Gasteiger partial charge on any atom is 0.144 e. The van der Waals surface area contributed by atoms with Crippen LogP contribution in [-0.2, 0) is 12.8 Å². The van der Waals surface area contributed by atoms with Gasteiger partial charge in [0.15, 0.2) is 0 Å². The molecule has 0 bridgehead atoms. The van der Waals surface area contributed by atoms with Crippen molar-refractivity contribution < 1.29 is 0 Å². The molecule has 0 saturated heterocycles. The van der Waals surface area contributed by atoms with Crippen LogP contribution in [0.3, 0.4) is 0 Å². The molecule has 1 aromatic heterocycles. The predicted octanol–water partition coefficient (Wildman–Crippen LogP) is 3.19. The van der Waals surface area contributed by atoms with Crippen LogP contribution in [0.15, 0.2) is 4.47 Å². The van der Waals surface area contributed by atoms with Gasteiger partial charge in [0.2, 0.25) is 0 Å². The highest BCUT2D eigenvalue weighted by Gasteiger charge is 2.09. The van der Waals surface area contributed by atoms with E-state index in [9.17, 15) is 0 Å². The molecule has 0 radical (unpaired) electrons. The summed E-state index contributed by atoms with van der Waals surface area (Å²) in [7, 11) is 0. The lowest BCUT2D eigenvalue weighted by Gasteiger charge is -2.10. The number of aromatic nitrogens is 2. The molecule has 0 saturated carbocycles. The monoisotopic (exact) mass is 271 g/mol. The molecule has 0 fully saturated rings. The summed E-state index contributed by atoms with van der Waals surface area (Å²) < 4.78 is 1.01. The molecule has 84 valence electrons. The van der Waals surface area contributed by atoms with Gasteiger partial charge < -0.3 is 5.32 Å². The third-order valence-electron chi connectivity index (χ3n) is 2.16. The number of hydrogen-bond donors (Lipinski definition) is 1. The Balaban J connectivity index is 3.01. The predicted molar refractivity (Wildman–Crippen MR) is 67.3 cm³/mol. The van der Waals surface area contributed by atoms with Gasteiger partial charge in [-0.15, -0.1) is 0 Å². The van der Waals surface area contributed by atoms with Crippen molar-refractivity contribution in [1.82, 2.24) is 9.97 Å². The number of hydrogen-bond acceptors (Lipinski definition) is 3. The molecular formula is C11H18BrN3. The van der Waals surface area contributed by atoms with Gasteiger partial charge in [0, 0.05) is 13.0 Å². The number of rotatable bonds is 5. The molecule has 1 aromatic rings. The van der Waals surface area contributed by atoms with E-state index in [0.29, 0.717) is 0 Å². The van der Waals surface area contributed by atoms with Crippen LogP contribution in [0.25, 0.3) is 0 Å². The van der Waals surface area contributed by atoms with E-state index < -0.39 is 0 Å². The molecule has 0 atom stereocenters. The molecule has 1 rings (SSSR count). The fraction of sp³-hybridized carbons (Fsp3) is 0.636. The first-order chi connectivity index (χ1) is 7.22. The smallest absolute Gasteiger partial charge is 0.144 e. The van der Waals surface area contributed by atoms with Crippen LogP contribution in [-0.4, -0.2) is 16.5 Å². The second-order valence-electron chi connectivity index (χ2n) is 3.38. The zero-order chi connectivity index (χ0) is 11.3. The van der Waals surface area contributed by atoms with Crippen LogP contribution in [0.4, 0.5) is 5.82 Å². The van der Waals surface area contributed by atoms with Gasteiger partial charge in [0.05, 0.1) is 10.2 Å². The second kappa shape index (κ2) is 6.05. The summed E-state index contributed by atoms with van der Waals surface area (Å²) in [5.74, 6) is 1.84. The van der Waals surface area contributed by atoms with Crippen LogP contribution in [0, 0.1) is 0 Å². The Bertz CT molecular complexity index is 326. The first kappa shape index (κ1) is 12.4. The summed E-state index contributed by atoms with van der Waals surface area (Å²) in [5.41, 5.74) is 1.08. The Hall–Kier alpha value is -0.640. The van der Waals surface area contributed by atoms with Crippen molar-refractivity contribution in [2.24, 2.45) is 0 Å². The molecule has 3 nitrogen and oxygen atoms in total. The first-order valence-electron chi connectivity index (χ1n) is 5.52. The molecule has 0 amide bonds. The largest absolute Gasteiger partial charge is 0.369 e. The highest BCUT2D eigenvalue weighted by molar-refractivity contribution is 9.10. The zero-order valence-corrected chi connectivity index (χ0v) is 11.2. The third-order valence-corrected chi connectivity index (χ3v) is 2.99. The van der Waals surface area contributed by atoms with Crippen molar-refractivity contribution in [2.75, 3.05) is 11.9 Å². The van der Waals surface area contributed by atoms with Crippen LogP contribution < -0.4 is 5.32 Å². The molecule has 1 N–H and O–H groups in total. The van der Waals surface area contributed by atoms with Crippen LogP contribution in [0.2, 0.25) is 0 Å². The lowest BCUT2D eigenvalue weighted by Crippen LogP contribution is -2.08. The molecule has 0 aromatic carbocycles. The van der Waals surface area contributed by atoms with Crippen LogP contribution >= 0.6 is 15.9 Å². The Morgan fingerprint density at radius 2 is 1.87 bits per heavy atom. The van der Waals surface area contributed by atoms with Gasteiger partial charge in [-0.1, -0.05) is 20.8 Å². The van der Waals surface area contributed by atoms with E-state index >= 15 is 0 Å². The highest BCUT2D eigenvalue weighted by atomic mass is 79.9. The van der Waals surface area contributed by atoms with Crippen molar-refractivity contribution in [3.05, 3.63) is 16.0 Å². The van der Waals surface area contributed by atoms with Crippen molar-refractivity contribution >= 4 is 21.7 Å². The second-order valence-corrected chi connectivity index (χ2v) is 4.18. The maximum absolute atomic E-state index is 4.48. The molecule has 0 aliphatic heterocycles. The van der Waals surface area contributed by atoms with Crippen molar-refractivity contribution in [2.45, 2.75) is 40.0 Å². The van der Waals surface area contributed by atoms with E-state index in [0.717, 1.165) is 47.6 Å². The van der Waals surface area contributed by atoms with Crippen molar-refractivity contribution in [3.8, 4) is 0 Å². The Labute approximate surface area is 99.8 Å². The van der Waals surface area contributed by atoms with Gasteiger partial charge in [-0.05, 0) is 28.8 Å². The maximum atomic E-state index is 4.48. The summed E-state index contributed by atoms with van der Waals surface area (Å²) in [6.07, 6.45) is 2.90. The van der Waals surface area contributed by atoms with E-state index in [1.807, 2.05) is 0 Å². The van der Waals surface area contributed by atoms with E-state index in [2.05, 4.69) is 52.0 Å². The number of halogens is 1. The average molecular weight is 272 g/mol. The number of nitrogens with zero attached hydrogens (tertiary/aromatic N) is 2. The fourth-order valence-electron chi connectivity index (χ4n) is 1.30. The lowest BCUT2D eigenvalue weighted by atomic mass is 10.3. The fourth-order valence-corrected chi connectivity index (χ4v) is 1.90. The minimum absolute atomic E-state index is 0.876. The minimum Gasteiger partial charge on any atom is -0.369 e. The number of aryl methyl sites for hydroxylation is 2. The topological polar surface area (TPSA) is 37.8 Å². The average Bonchev–Trinajstić information content (AvgIpc) is 2.27. The minimum atomic E-state index is 0.876. The molecule has 0 spiro atoms. The molecular weight excluding hydrogens is 254 g/mol. The summed E-state index contributed by atoms with van der Waals surface area (Å²) in [6.45, 7) is 7.27. The van der Waals surface area contributed by atoms with Crippen LogP contribution in [0.5, 0.6) is 0 Å². The number of nitrogens with one attached hydrogen (secondary N) is 1. The van der Waals surface area contributed by atoms with E-state index in [-0.39, 0.29) is 0 Å². The van der Waals surface area contributed by atoms with E-state index in [4.69, 9.17) is 0 Å². The highest BCUT2D eigenvalue weighted by Crippen LogP contribution is 2.24. The molecule has 1 heterocycles. The van der Waals surface area contributed by atoms with Gasteiger partial charge in [0.25, 0.3) is 0 Å². The Morgan fingerprint density at radius 3 is 2.40 bits per heavy atom. The Kier molecular flexibility index (Phi) is 5.02. The molecule has 0 unspecified atom stereocenters. The lowest BCUT2D eigenvalue weighted by molar-refractivity contribution is 0.870. The van der Waals surface area contributed by atoms with Crippen LogP contribution in [0.1, 0.15) is 38.7 Å².